The number of likely N-dealkylation sites (N-methyl/N-ethyl adjacent to an activating group) is 1. The molecule has 0 aromatic carbocycles. The molecule has 254 valence electrons. The van der Waals surface area contributed by atoms with Gasteiger partial charge in [-0.1, -0.05) is 29.9 Å². The maximum absolute atomic E-state index is 12.3. The van der Waals surface area contributed by atoms with Gasteiger partial charge in [-0.3, -0.25) is 19.4 Å². The van der Waals surface area contributed by atoms with Gasteiger partial charge in [0, 0.05) is 75.1 Å². The van der Waals surface area contributed by atoms with Crippen molar-refractivity contribution in [3.05, 3.63) is 64.6 Å². The minimum atomic E-state index is -0.493. The lowest BCUT2D eigenvalue weighted by Gasteiger charge is -2.38. The van der Waals surface area contributed by atoms with Gasteiger partial charge < -0.3 is 18.9 Å². The van der Waals surface area contributed by atoms with Crippen molar-refractivity contribution in [2.45, 2.75) is 98.7 Å². The van der Waals surface area contributed by atoms with E-state index in [9.17, 15) is 9.59 Å². The number of ether oxygens (including phenoxy) is 4. The largest absolute Gasteiger partial charge is 0.449 e. The first-order chi connectivity index (χ1) is 23.2. The van der Waals surface area contributed by atoms with Crippen LogP contribution in [0.5, 0.6) is 0 Å². The van der Waals surface area contributed by atoms with Crippen molar-refractivity contribution in [2.24, 2.45) is 7.05 Å². The number of aryl methyl sites for hydroxylation is 1. The molecule has 4 bridgehead atoms. The van der Waals surface area contributed by atoms with E-state index in [0.29, 0.717) is 18.1 Å². The van der Waals surface area contributed by atoms with Crippen LogP contribution in [0.3, 0.4) is 0 Å². The normalized spacial score (nSPS) is 38.6. The van der Waals surface area contributed by atoms with Crippen molar-refractivity contribution in [1.29, 1.82) is 0 Å². The molecule has 6 aliphatic heterocycles. The minimum absolute atomic E-state index is 0.188. The molecule has 9 aliphatic rings. The van der Waals surface area contributed by atoms with Crippen LogP contribution in [0.4, 0.5) is 0 Å². The van der Waals surface area contributed by atoms with Crippen LogP contribution in [0.25, 0.3) is 5.57 Å². The van der Waals surface area contributed by atoms with Crippen molar-refractivity contribution in [2.75, 3.05) is 34.9 Å². The zero-order valence-corrected chi connectivity index (χ0v) is 28.3. The van der Waals surface area contributed by atoms with E-state index < -0.39 is 11.2 Å². The van der Waals surface area contributed by atoms with Crippen molar-refractivity contribution >= 4 is 17.5 Å². The van der Waals surface area contributed by atoms with Gasteiger partial charge in [0.25, 0.3) is 0 Å². The quantitative estimate of drug-likeness (QED) is 0.332. The summed E-state index contributed by atoms with van der Waals surface area (Å²) in [6.45, 7) is 1.09. The van der Waals surface area contributed by atoms with Crippen LogP contribution in [-0.2, 0) is 35.6 Å². The van der Waals surface area contributed by atoms with Gasteiger partial charge in [0.15, 0.2) is 17.5 Å². The lowest BCUT2D eigenvalue weighted by atomic mass is 9.76. The molecule has 2 spiro atoms. The summed E-state index contributed by atoms with van der Waals surface area (Å²) < 4.78 is 24.8. The molecule has 10 rings (SSSR count). The summed E-state index contributed by atoms with van der Waals surface area (Å²) in [4.78, 5) is 31.6. The number of hydrogen-bond acceptors (Lipinski definition) is 11. The number of esters is 2. The first-order valence-corrected chi connectivity index (χ1v) is 17.4. The van der Waals surface area contributed by atoms with E-state index in [1.165, 1.54) is 24.0 Å². The zero-order valence-electron chi connectivity index (χ0n) is 28.3. The monoisotopic (exact) mass is 656 g/mol. The fourth-order valence-electron chi connectivity index (χ4n) is 10.5. The number of fused-ring (bicyclic) bond motifs is 6. The average molecular weight is 657 g/mol. The smallest absolute Gasteiger partial charge is 0.332 e. The number of piperidine rings is 1. The van der Waals surface area contributed by atoms with Crippen LogP contribution in [0, 0.1) is 0 Å². The lowest BCUT2D eigenvalue weighted by molar-refractivity contribution is -0.151. The Labute approximate surface area is 280 Å². The number of hydrogen-bond donors (Lipinski definition) is 0. The third-order valence-electron chi connectivity index (χ3n) is 12.3. The third kappa shape index (κ3) is 4.25. The number of carbonyl (C=O) groups excluding carboxylic acids is 2. The summed E-state index contributed by atoms with van der Waals surface area (Å²) in [5, 5.41) is 8.30. The highest BCUT2D eigenvalue weighted by Gasteiger charge is 2.66. The molecule has 8 atom stereocenters. The second kappa shape index (κ2) is 10.8. The Kier molecular flexibility index (Phi) is 6.88. The maximum atomic E-state index is 12.3. The summed E-state index contributed by atoms with van der Waals surface area (Å²) in [5.41, 5.74) is 5.56. The van der Waals surface area contributed by atoms with Crippen LogP contribution < -0.4 is 0 Å². The average Bonchev–Trinajstić information content (AvgIpc) is 3.51. The Hall–Kier alpha value is -3.42. The highest BCUT2D eigenvalue weighted by atomic mass is 16.7. The molecule has 0 N–H and O–H groups in total. The Balaban J connectivity index is 0.000000132. The predicted octanol–water partition coefficient (Wildman–Crippen LogP) is 2.30. The summed E-state index contributed by atoms with van der Waals surface area (Å²) in [6, 6.07) is 1.66. The second-order valence-electron chi connectivity index (χ2n) is 14.9. The Morgan fingerprint density at radius 3 is 2.25 bits per heavy atom. The van der Waals surface area contributed by atoms with Crippen molar-refractivity contribution in [1.82, 2.24) is 29.7 Å². The Morgan fingerprint density at radius 1 is 0.896 bits per heavy atom. The van der Waals surface area contributed by atoms with Gasteiger partial charge >= 0.3 is 11.9 Å². The van der Waals surface area contributed by atoms with E-state index in [2.05, 4.69) is 57.3 Å². The SMILES string of the molecule is COC(OC)C1CCC2N1C1C=C(C3=CC3N(C)C)C3=CC(=O)OC32C1.Cn1cc(C2=C[C@@H]3C[C@@]4(OC(=O)C=C24)[C@H]2CCCCN32)nn1. The van der Waals surface area contributed by atoms with Gasteiger partial charge in [0.1, 0.15) is 5.69 Å². The molecule has 48 heavy (non-hydrogen) atoms. The number of nitrogens with zero attached hydrogens (tertiary/aromatic N) is 6. The predicted molar refractivity (Wildman–Crippen MR) is 174 cm³/mol. The van der Waals surface area contributed by atoms with Gasteiger partial charge in [-0.2, -0.15) is 0 Å². The molecule has 5 unspecified atom stereocenters. The standard InChI is InChI=1S/C20H26N2O4.C16H18N4O2/c1-21(2)16-8-13(16)12-7-11-10-20(14(12)9-18(23)26-20)17-6-5-15(22(11)17)19(24-3)25-4;1-19-9-13(17-18-19)11-6-10-8-16(12(11)7-15(21)22-16)14-4-2-3-5-20(10)14/h7-9,11,15-17,19H,5-6,10H2,1-4H3;6-7,9-10,14H,2-5,8H2,1H3/t;10-,14-,16+/m.1/s1. The molecule has 7 heterocycles. The molecule has 1 aromatic heterocycles. The van der Waals surface area contributed by atoms with E-state index in [0.717, 1.165) is 61.1 Å². The van der Waals surface area contributed by atoms with Crippen molar-refractivity contribution in [3.8, 4) is 0 Å². The first kappa shape index (κ1) is 30.6. The van der Waals surface area contributed by atoms with E-state index in [4.69, 9.17) is 18.9 Å². The summed E-state index contributed by atoms with van der Waals surface area (Å²) in [5.74, 6) is -0.410. The third-order valence-corrected chi connectivity index (χ3v) is 12.3. The number of carbonyl (C=O) groups is 2. The molecular weight excluding hydrogens is 612 g/mol. The molecule has 4 saturated heterocycles. The summed E-state index contributed by atoms with van der Waals surface area (Å²) in [6.07, 6.45) is 19.2. The van der Waals surface area contributed by atoms with Crippen LogP contribution in [0.15, 0.2) is 58.9 Å². The summed E-state index contributed by atoms with van der Waals surface area (Å²) >= 11 is 0. The lowest BCUT2D eigenvalue weighted by Crippen LogP contribution is -2.48. The van der Waals surface area contributed by atoms with Gasteiger partial charge in [0.05, 0.1) is 30.4 Å². The highest BCUT2D eigenvalue weighted by Crippen LogP contribution is 2.59. The minimum Gasteiger partial charge on any atom is -0.449 e. The molecule has 12 nitrogen and oxygen atoms in total. The number of rotatable bonds is 6. The topological polar surface area (TPSA) is 111 Å². The van der Waals surface area contributed by atoms with Crippen LogP contribution in [0.2, 0.25) is 0 Å². The van der Waals surface area contributed by atoms with Gasteiger partial charge in [-0.05, 0) is 57.5 Å². The zero-order chi connectivity index (χ0) is 33.1. The molecule has 4 fully saturated rings. The molecule has 0 radical (unpaired) electrons. The molecule has 0 saturated carbocycles. The van der Waals surface area contributed by atoms with Crippen LogP contribution >= 0.6 is 0 Å². The van der Waals surface area contributed by atoms with E-state index in [1.54, 1.807) is 31.1 Å². The number of aromatic nitrogens is 3. The van der Waals surface area contributed by atoms with Crippen LogP contribution in [0.1, 0.15) is 50.6 Å². The van der Waals surface area contributed by atoms with E-state index in [-0.39, 0.29) is 36.4 Å². The second-order valence-corrected chi connectivity index (χ2v) is 14.9. The molecular formula is C36H44N6O6. The maximum Gasteiger partial charge on any atom is 0.332 e. The van der Waals surface area contributed by atoms with Crippen LogP contribution in [-0.4, -0.2) is 130 Å². The first-order valence-electron chi connectivity index (χ1n) is 17.4. The fourth-order valence-corrected chi connectivity index (χ4v) is 10.5. The van der Waals surface area contributed by atoms with Gasteiger partial charge in [-0.15, -0.1) is 5.10 Å². The van der Waals surface area contributed by atoms with Crippen molar-refractivity contribution in [3.63, 3.8) is 0 Å². The van der Waals surface area contributed by atoms with E-state index >= 15 is 0 Å². The van der Waals surface area contributed by atoms with E-state index in [1.807, 2.05) is 13.2 Å². The number of methoxy groups -OCH3 is 2. The molecule has 0 amide bonds. The molecule has 1 aromatic rings. The fraction of sp³-hybridized carbons (Fsp3) is 0.611. The highest BCUT2D eigenvalue weighted by molar-refractivity contribution is 5.96. The van der Waals surface area contributed by atoms with Crippen molar-refractivity contribution < 1.29 is 28.5 Å². The summed E-state index contributed by atoms with van der Waals surface area (Å²) in [7, 11) is 9.42. The molecule has 3 aliphatic carbocycles. The molecule has 12 heteroatoms. The Bertz CT molecular complexity index is 1740. The van der Waals surface area contributed by atoms with Gasteiger partial charge in [-0.25, -0.2) is 9.59 Å². The Morgan fingerprint density at radius 2 is 1.58 bits per heavy atom. The van der Waals surface area contributed by atoms with Gasteiger partial charge in [0.2, 0.25) is 0 Å².